The third-order valence-corrected chi connectivity index (χ3v) is 3.60. The molecule has 82 valence electrons. The average Bonchev–Trinajstić information content (AvgIpc) is 2.21. The number of rotatable bonds is 5. The van der Waals surface area contributed by atoms with Gasteiger partial charge in [0.2, 0.25) is 0 Å². The van der Waals surface area contributed by atoms with E-state index < -0.39 is 0 Å². The molecule has 0 radical (unpaired) electrons. The minimum Gasteiger partial charge on any atom is -0.356 e. The summed E-state index contributed by atoms with van der Waals surface area (Å²) in [6.45, 7) is 0. The predicted octanol–water partition coefficient (Wildman–Crippen LogP) is 1.85. The topological polar surface area (TPSA) is 64.3 Å². The highest BCUT2D eigenvalue weighted by molar-refractivity contribution is 9.10. The van der Waals surface area contributed by atoms with Gasteiger partial charge in [0.15, 0.2) is 0 Å². The molecule has 3 N–H and O–H groups in total. The minimum atomic E-state index is -0.364. The van der Waals surface area contributed by atoms with Gasteiger partial charge in [-0.25, -0.2) is 5.84 Å². The summed E-state index contributed by atoms with van der Waals surface area (Å²) in [6.07, 6.45) is 0.316. The molecule has 1 aromatic carbocycles. The summed E-state index contributed by atoms with van der Waals surface area (Å²) in [5.41, 5.74) is 1.86. The molecule has 15 heavy (non-hydrogen) atoms. The first-order valence-corrected chi connectivity index (χ1v) is 6.04. The average molecular weight is 291 g/mol. The van der Waals surface area contributed by atoms with E-state index in [0.717, 1.165) is 9.37 Å². The third-order valence-electron chi connectivity index (χ3n) is 1.57. The van der Waals surface area contributed by atoms with Crippen LogP contribution in [-0.2, 0) is 9.63 Å². The van der Waals surface area contributed by atoms with Crippen LogP contribution in [0.4, 0.5) is 0 Å². The van der Waals surface area contributed by atoms with Gasteiger partial charge >= 0.3 is 5.97 Å². The molecule has 0 aliphatic carbocycles. The lowest BCUT2D eigenvalue weighted by atomic mass is 10.4. The third kappa shape index (κ3) is 4.65. The Kier molecular flexibility index (Phi) is 5.70. The van der Waals surface area contributed by atoms with Crippen molar-refractivity contribution in [2.75, 3.05) is 5.75 Å². The fourth-order valence-corrected chi connectivity index (χ4v) is 2.42. The summed E-state index contributed by atoms with van der Waals surface area (Å²) in [7, 11) is 0. The van der Waals surface area contributed by atoms with Crippen molar-refractivity contribution in [1.29, 1.82) is 0 Å². The summed E-state index contributed by atoms with van der Waals surface area (Å²) in [5.74, 6) is 5.12. The Labute approximate surface area is 101 Å². The number of thioether (sulfide) groups is 1. The normalized spacial score (nSPS) is 10.0. The van der Waals surface area contributed by atoms with Crippen molar-refractivity contribution in [3.05, 3.63) is 28.7 Å². The van der Waals surface area contributed by atoms with Gasteiger partial charge in [0, 0.05) is 15.1 Å². The first-order chi connectivity index (χ1) is 7.24. The maximum absolute atomic E-state index is 10.9. The van der Waals surface area contributed by atoms with Gasteiger partial charge < -0.3 is 4.84 Å². The standard InChI is InChI=1S/C9H11BrN2O2S/c10-7-3-1-2-4-8(7)15-6-5-9(13)14-12-11/h1-4,12H,5-6,11H2. The lowest BCUT2D eigenvalue weighted by molar-refractivity contribution is -0.150. The van der Waals surface area contributed by atoms with Gasteiger partial charge in [0.1, 0.15) is 0 Å². The van der Waals surface area contributed by atoms with Crippen LogP contribution < -0.4 is 11.4 Å². The second-order valence-corrected chi connectivity index (χ2v) is 4.61. The zero-order valence-electron chi connectivity index (χ0n) is 7.90. The first kappa shape index (κ1) is 12.5. The molecule has 0 fully saturated rings. The maximum Gasteiger partial charge on any atom is 0.327 e. The highest BCUT2D eigenvalue weighted by atomic mass is 79.9. The van der Waals surface area contributed by atoms with E-state index in [4.69, 9.17) is 5.84 Å². The molecule has 0 unspecified atom stereocenters. The van der Waals surface area contributed by atoms with Gasteiger partial charge in [0.05, 0.1) is 6.42 Å². The van der Waals surface area contributed by atoms with Crippen LogP contribution in [0.5, 0.6) is 0 Å². The number of carbonyl (C=O) groups excluding carboxylic acids is 1. The zero-order valence-corrected chi connectivity index (χ0v) is 10.3. The molecule has 4 nitrogen and oxygen atoms in total. The number of benzene rings is 1. The van der Waals surface area contributed by atoms with Crippen LogP contribution in [0, 0.1) is 0 Å². The molecule has 1 aromatic rings. The molecule has 1 rings (SSSR count). The maximum atomic E-state index is 10.9. The molecule has 6 heteroatoms. The van der Waals surface area contributed by atoms with Gasteiger partial charge in [0.25, 0.3) is 0 Å². The van der Waals surface area contributed by atoms with E-state index >= 15 is 0 Å². The van der Waals surface area contributed by atoms with Crippen LogP contribution in [0.15, 0.2) is 33.6 Å². The lowest BCUT2D eigenvalue weighted by Crippen LogP contribution is -2.26. The molecule has 0 atom stereocenters. The summed E-state index contributed by atoms with van der Waals surface area (Å²) in [5, 5.41) is 0. The lowest BCUT2D eigenvalue weighted by Gasteiger charge is -2.03. The molecule has 0 aliphatic rings. The van der Waals surface area contributed by atoms with E-state index in [2.05, 4.69) is 20.8 Å². The van der Waals surface area contributed by atoms with Crippen LogP contribution in [0.1, 0.15) is 6.42 Å². The number of nitrogens with one attached hydrogen (secondary N) is 1. The number of carbonyl (C=O) groups is 1. The molecule has 0 heterocycles. The summed E-state index contributed by atoms with van der Waals surface area (Å²) in [4.78, 5) is 16.4. The molecular formula is C9H11BrN2O2S. The Hall–Kier alpha value is -0.560. The Morgan fingerprint density at radius 1 is 1.53 bits per heavy atom. The summed E-state index contributed by atoms with van der Waals surface area (Å²) < 4.78 is 1.03. The quantitative estimate of drug-likeness (QED) is 0.492. The van der Waals surface area contributed by atoms with Crippen LogP contribution in [0.3, 0.4) is 0 Å². The van der Waals surface area contributed by atoms with Crippen molar-refractivity contribution >= 4 is 33.7 Å². The Morgan fingerprint density at radius 3 is 2.93 bits per heavy atom. The van der Waals surface area contributed by atoms with E-state index in [1.54, 1.807) is 11.8 Å². The van der Waals surface area contributed by atoms with Crippen LogP contribution in [0.25, 0.3) is 0 Å². The Morgan fingerprint density at radius 2 is 2.27 bits per heavy atom. The monoisotopic (exact) mass is 290 g/mol. The predicted molar refractivity (Wildman–Crippen MR) is 62.9 cm³/mol. The molecule has 0 saturated heterocycles. The molecule has 0 aliphatic heterocycles. The van der Waals surface area contributed by atoms with Gasteiger partial charge in [-0.15, -0.1) is 11.8 Å². The van der Waals surface area contributed by atoms with Gasteiger partial charge in [-0.1, -0.05) is 17.7 Å². The Balaban J connectivity index is 2.32. The van der Waals surface area contributed by atoms with E-state index in [9.17, 15) is 4.79 Å². The first-order valence-electron chi connectivity index (χ1n) is 4.26. The second-order valence-electron chi connectivity index (χ2n) is 2.62. The van der Waals surface area contributed by atoms with E-state index in [0.29, 0.717) is 12.2 Å². The number of halogens is 1. The largest absolute Gasteiger partial charge is 0.356 e. The van der Waals surface area contributed by atoms with Crippen LogP contribution >= 0.6 is 27.7 Å². The number of nitrogens with two attached hydrogens (primary N) is 1. The van der Waals surface area contributed by atoms with Gasteiger partial charge in [-0.3, -0.25) is 4.79 Å². The Bertz CT molecular complexity index is 336. The van der Waals surface area contributed by atoms with E-state index in [-0.39, 0.29) is 5.97 Å². The molecule has 0 amide bonds. The van der Waals surface area contributed by atoms with Crippen molar-refractivity contribution in [3.8, 4) is 0 Å². The molecule has 0 saturated carbocycles. The summed E-state index contributed by atoms with van der Waals surface area (Å²) in [6, 6.07) is 7.84. The number of hydrogen-bond donors (Lipinski definition) is 2. The van der Waals surface area contributed by atoms with Crippen molar-refractivity contribution in [3.63, 3.8) is 0 Å². The van der Waals surface area contributed by atoms with E-state index in [1.165, 1.54) is 0 Å². The molecular weight excluding hydrogens is 280 g/mol. The fraction of sp³-hybridized carbons (Fsp3) is 0.222. The van der Waals surface area contributed by atoms with Crippen molar-refractivity contribution in [1.82, 2.24) is 5.59 Å². The fourth-order valence-electron chi connectivity index (χ4n) is 0.923. The van der Waals surface area contributed by atoms with Gasteiger partial charge in [-0.2, -0.15) is 0 Å². The minimum absolute atomic E-state index is 0.316. The summed E-state index contributed by atoms with van der Waals surface area (Å²) >= 11 is 5.01. The SMILES string of the molecule is NNOC(=O)CCSc1ccccc1Br. The van der Waals surface area contributed by atoms with Crippen LogP contribution in [-0.4, -0.2) is 11.7 Å². The number of hydrogen-bond acceptors (Lipinski definition) is 5. The molecule has 0 spiro atoms. The smallest absolute Gasteiger partial charge is 0.327 e. The zero-order chi connectivity index (χ0) is 11.1. The highest BCUT2D eigenvalue weighted by Crippen LogP contribution is 2.27. The molecule has 0 bridgehead atoms. The van der Waals surface area contributed by atoms with Gasteiger partial charge in [-0.05, 0) is 28.1 Å². The van der Waals surface area contributed by atoms with Crippen molar-refractivity contribution in [2.45, 2.75) is 11.3 Å². The molecule has 0 aromatic heterocycles. The van der Waals surface area contributed by atoms with Crippen LogP contribution in [0.2, 0.25) is 0 Å². The van der Waals surface area contributed by atoms with Crippen molar-refractivity contribution in [2.24, 2.45) is 5.84 Å². The van der Waals surface area contributed by atoms with E-state index in [1.807, 2.05) is 29.9 Å². The van der Waals surface area contributed by atoms with Crippen molar-refractivity contribution < 1.29 is 9.63 Å². The second kappa shape index (κ2) is 6.84. The highest BCUT2D eigenvalue weighted by Gasteiger charge is 2.04. The number of hydrazine groups is 1.